The third-order valence-corrected chi connectivity index (χ3v) is 5.60. The van der Waals surface area contributed by atoms with Crippen molar-refractivity contribution in [3.63, 3.8) is 0 Å². The van der Waals surface area contributed by atoms with Crippen LogP contribution in [-0.4, -0.2) is 49.5 Å². The van der Waals surface area contributed by atoms with E-state index in [4.69, 9.17) is 0 Å². The zero-order valence-electron chi connectivity index (χ0n) is 14.5. The van der Waals surface area contributed by atoms with Crippen molar-refractivity contribution in [3.8, 4) is 11.4 Å². The van der Waals surface area contributed by atoms with Crippen molar-refractivity contribution in [2.24, 2.45) is 0 Å². The summed E-state index contributed by atoms with van der Waals surface area (Å²) in [4.78, 5) is 15.4. The van der Waals surface area contributed by atoms with E-state index >= 15 is 0 Å². The quantitative estimate of drug-likeness (QED) is 0.753. The molecule has 0 amide bonds. The number of aryl methyl sites for hydroxylation is 1. The van der Waals surface area contributed by atoms with Crippen molar-refractivity contribution in [2.75, 3.05) is 18.0 Å². The number of nitrogens with zero attached hydrogens (tertiary/aromatic N) is 5. The standard InChI is InChI=1S/C17H25AsFN5/c1-11(2)24-12(3)20-9-15(24)16-14(19)8-21-17(22-16)23-7-5-4-6-13(18)10-23/h8-9,11,13H,4-7,10,18H2,1-3H3. The zero-order valence-corrected chi connectivity index (χ0v) is 17.0. The van der Waals surface area contributed by atoms with Crippen LogP contribution in [0.2, 0.25) is 4.71 Å². The van der Waals surface area contributed by atoms with Crippen molar-refractivity contribution in [1.82, 2.24) is 19.5 Å². The van der Waals surface area contributed by atoms with E-state index in [2.05, 4.69) is 33.7 Å². The zero-order chi connectivity index (χ0) is 17.3. The van der Waals surface area contributed by atoms with Crippen LogP contribution in [0.1, 0.15) is 45.0 Å². The molecule has 3 rings (SSSR count). The van der Waals surface area contributed by atoms with Crippen LogP contribution < -0.4 is 4.90 Å². The number of hydrogen-bond donors (Lipinski definition) is 0. The van der Waals surface area contributed by atoms with Crippen LogP contribution in [-0.2, 0) is 0 Å². The second-order valence-electron chi connectivity index (χ2n) is 6.72. The molecule has 5 nitrogen and oxygen atoms in total. The number of anilines is 1. The van der Waals surface area contributed by atoms with Crippen molar-refractivity contribution in [3.05, 3.63) is 24.0 Å². The van der Waals surface area contributed by atoms with E-state index < -0.39 is 5.82 Å². The Labute approximate surface area is 151 Å². The third-order valence-electron chi connectivity index (χ3n) is 4.46. The monoisotopic (exact) mass is 393 g/mol. The molecule has 130 valence electrons. The molecule has 2 atom stereocenters. The molecule has 7 heteroatoms. The molecule has 3 heterocycles. The molecule has 0 N–H and O–H groups in total. The third kappa shape index (κ3) is 3.48. The van der Waals surface area contributed by atoms with Gasteiger partial charge < -0.3 is 0 Å². The molecule has 0 radical (unpaired) electrons. The van der Waals surface area contributed by atoms with Crippen LogP contribution in [0.4, 0.5) is 10.3 Å². The average Bonchev–Trinajstić information content (AvgIpc) is 2.78. The van der Waals surface area contributed by atoms with Gasteiger partial charge in [-0.2, -0.15) is 0 Å². The second-order valence-corrected chi connectivity index (χ2v) is 8.70. The maximum absolute atomic E-state index is 14.5. The summed E-state index contributed by atoms with van der Waals surface area (Å²) in [5.74, 6) is 1.10. The summed E-state index contributed by atoms with van der Waals surface area (Å²) in [5, 5.41) is 0. The van der Waals surface area contributed by atoms with E-state index in [1.807, 2.05) is 11.5 Å². The molecule has 1 saturated heterocycles. The molecule has 2 aromatic heterocycles. The molecule has 2 unspecified atom stereocenters. The van der Waals surface area contributed by atoms with Gasteiger partial charge in [-0.25, -0.2) is 0 Å². The minimum atomic E-state index is -0.396. The molecule has 2 aromatic rings. The Balaban J connectivity index is 2.01. The maximum atomic E-state index is 14.5. The molecule has 0 aliphatic carbocycles. The van der Waals surface area contributed by atoms with Gasteiger partial charge in [0.15, 0.2) is 0 Å². The Kier molecular flexibility index (Phi) is 5.23. The Morgan fingerprint density at radius 3 is 2.79 bits per heavy atom. The fourth-order valence-corrected chi connectivity index (χ4v) is 4.36. The van der Waals surface area contributed by atoms with Gasteiger partial charge in [0.2, 0.25) is 0 Å². The van der Waals surface area contributed by atoms with Gasteiger partial charge in [-0.15, -0.1) is 0 Å². The topological polar surface area (TPSA) is 46.8 Å². The normalized spacial score (nSPS) is 18.9. The van der Waals surface area contributed by atoms with Crippen LogP contribution in [0, 0.1) is 12.7 Å². The van der Waals surface area contributed by atoms with Crippen LogP contribution >= 0.6 is 0 Å². The van der Waals surface area contributed by atoms with Gasteiger partial charge >= 0.3 is 151 Å². The van der Waals surface area contributed by atoms with E-state index in [1.165, 1.54) is 19.0 Å². The van der Waals surface area contributed by atoms with Crippen LogP contribution in [0.3, 0.4) is 0 Å². The first-order chi connectivity index (χ1) is 11.5. The Hall–Kier alpha value is -1.42. The van der Waals surface area contributed by atoms with Gasteiger partial charge in [-0.05, 0) is 0 Å². The van der Waals surface area contributed by atoms with Crippen LogP contribution in [0.5, 0.6) is 0 Å². The molecular formula is C17H25AsFN5. The fourth-order valence-electron chi connectivity index (χ4n) is 3.33. The second kappa shape index (κ2) is 7.22. The molecule has 0 spiro atoms. The predicted octanol–water partition coefficient (Wildman–Crippen LogP) is 2.78. The SMILES string of the molecule is Cc1ncc(-c2nc(N3CCCCC([AsH2])C3)ncc2F)n1C(C)C. The van der Waals surface area contributed by atoms with Gasteiger partial charge in [0, 0.05) is 0 Å². The molecule has 0 aromatic carbocycles. The molecule has 0 bridgehead atoms. The summed E-state index contributed by atoms with van der Waals surface area (Å²) in [6, 6.07) is 0.196. The van der Waals surface area contributed by atoms with E-state index in [-0.39, 0.29) is 6.04 Å². The van der Waals surface area contributed by atoms with Crippen molar-refractivity contribution >= 4 is 22.8 Å². The van der Waals surface area contributed by atoms with Gasteiger partial charge in [0.25, 0.3) is 0 Å². The van der Waals surface area contributed by atoms with Gasteiger partial charge in [-0.1, -0.05) is 0 Å². The van der Waals surface area contributed by atoms with E-state index in [0.29, 0.717) is 16.3 Å². The summed E-state index contributed by atoms with van der Waals surface area (Å²) in [5.41, 5.74) is 1.06. The Morgan fingerprint density at radius 2 is 2.04 bits per heavy atom. The van der Waals surface area contributed by atoms with E-state index in [9.17, 15) is 4.39 Å². The first-order valence-electron chi connectivity index (χ1n) is 8.54. The summed E-state index contributed by atoms with van der Waals surface area (Å²) in [7, 11) is 0. The van der Waals surface area contributed by atoms with Crippen molar-refractivity contribution < 1.29 is 4.39 Å². The van der Waals surface area contributed by atoms with Gasteiger partial charge in [-0.3, -0.25) is 0 Å². The molecule has 0 saturated carbocycles. The number of rotatable bonds is 3. The number of aromatic nitrogens is 4. The Morgan fingerprint density at radius 1 is 1.25 bits per heavy atom. The van der Waals surface area contributed by atoms with Gasteiger partial charge in [0.05, 0.1) is 0 Å². The summed E-state index contributed by atoms with van der Waals surface area (Å²) in [6.07, 6.45) is 6.64. The van der Waals surface area contributed by atoms with Crippen LogP contribution in [0.25, 0.3) is 11.4 Å². The summed E-state index contributed by atoms with van der Waals surface area (Å²) < 4.78 is 17.1. The van der Waals surface area contributed by atoms with Crippen molar-refractivity contribution in [1.29, 1.82) is 0 Å². The molecule has 1 fully saturated rings. The van der Waals surface area contributed by atoms with Gasteiger partial charge in [0.1, 0.15) is 0 Å². The molecular weight excluding hydrogens is 368 g/mol. The van der Waals surface area contributed by atoms with E-state index in [1.54, 1.807) is 23.0 Å². The van der Waals surface area contributed by atoms with Crippen molar-refractivity contribution in [2.45, 2.75) is 50.8 Å². The molecule has 1 aliphatic rings. The fraction of sp³-hybridized carbons (Fsp3) is 0.588. The summed E-state index contributed by atoms with van der Waals surface area (Å²) in [6.45, 7) is 7.96. The number of hydrogen-bond acceptors (Lipinski definition) is 4. The molecule has 1 aliphatic heterocycles. The predicted molar refractivity (Wildman–Crippen MR) is 96.7 cm³/mol. The van der Waals surface area contributed by atoms with E-state index in [0.717, 1.165) is 31.0 Å². The van der Waals surface area contributed by atoms with Crippen LogP contribution in [0.15, 0.2) is 12.4 Å². The first kappa shape index (κ1) is 17.4. The summed E-state index contributed by atoms with van der Waals surface area (Å²) >= 11 is 1.77. The first-order valence-corrected chi connectivity index (χ1v) is 9.94. The molecule has 24 heavy (non-hydrogen) atoms. The number of imidazole rings is 1. The minimum absolute atomic E-state index is 0.196. The average molecular weight is 393 g/mol. The Bertz CT molecular complexity index is 715. The number of halogens is 1.